The van der Waals surface area contributed by atoms with E-state index in [0.717, 1.165) is 11.1 Å². The summed E-state index contributed by atoms with van der Waals surface area (Å²) in [6.07, 6.45) is 3.31. The van der Waals surface area contributed by atoms with Crippen molar-refractivity contribution in [1.29, 1.82) is 0 Å². The van der Waals surface area contributed by atoms with Gasteiger partial charge in [0.1, 0.15) is 11.5 Å². The van der Waals surface area contributed by atoms with Gasteiger partial charge in [0.2, 0.25) is 0 Å². The van der Waals surface area contributed by atoms with Gasteiger partial charge in [-0.05, 0) is 36.4 Å². The van der Waals surface area contributed by atoms with Crippen LogP contribution in [0.5, 0.6) is 0 Å². The maximum absolute atomic E-state index is 13.0. The molecule has 0 saturated heterocycles. The summed E-state index contributed by atoms with van der Waals surface area (Å²) in [4.78, 5) is 8.10. The maximum Gasteiger partial charge on any atom is 0.293 e. The van der Waals surface area contributed by atoms with Crippen LogP contribution in [-0.2, 0) is 0 Å². The number of oxazole rings is 1. The Balaban J connectivity index is 2.15. The summed E-state index contributed by atoms with van der Waals surface area (Å²) in [7, 11) is 0. The first kappa shape index (κ1) is 11.4. The normalized spacial score (nSPS) is 10.6. The lowest BCUT2D eigenvalue weighted by atomic mass is 10.1. The predicted molar refractivity (Wildman–Crippen MR) is 69.5 cm³/mol. The van der Waals surface area contributed by atoms with Gasteiger partial charge in [0.25, 0.3) is 6.01 Å². The monoisotopic (exact) mass is 255 g/mol. The van der Waals surface area contributed by atoms with Crippen LogP contribution in [0.4, 0.5) is 10.4 Å². The van der Waals surface area contributed by atoms with Gasteiger partial charge in [-0.3, -0.25) is 4.98 Å². The van der Waals surface area contributed by atoms with Gasteiger partial charge < -0.3 is 10.2 Å². The van der Waals surface area contributed by atoms with E-state index in [0.29, 0.717) is 11.5 Å². The van der Waals surface area contributed by atoms with Gasteiger partial charge in [0.05, 0.1) is 0 Å². The minimum absolute atomic E-state index is 0.0751. The Morgan fingerprint density at radius 2 is 1.63 bits per heavy atom. The van der Waals surface area contributed by atoms with Crippen LogP contribution in [0, 0.1) is 5.82 Å². The fourth-order valence-electron chi connectivity index (χ4n) is 1.84. The second kappa shape index (κ2) is 4.53. The van der Waals surface area contributed by atoms with E-state index in [2.05, 4.69) is 9.97 Å². The molecular formula is C14H10FN3O. The zero-order valence-electron chi connectivity index (χ0n) is 9.88. The van der Waals surface area contributed by atoms with Gasteiger partial charge >= 0.3 is 0 Å². The van der Waals surface area contributed by atoms with Crippen molar-refractivity contribution in [3.63, 3.8) is 0 Å². The molecule has 2 N–H and O–H groups in total. The van der Waals surface area contributed by atoms with Crippen molar-refractivity contribution in [2.45, 2.75) is 0 Å². The molecule has 0 bridgehead atoms. The van der Waals surface area contributed by atoms with Crippen LogP contribution >= 0.6 is 0 Å². The molecule has 2 aromatic heterocycles. The SMILES string of the molecule is Nc1nc(-c2ccc(F)cc2)c(-c2ccncc2)o1. The van der Waals surface area contributed by atoms with Crippen LogP contribution in [0.2, 0.25) is 0 Å². The lowest BCUT2D eigenvalue weighted by molar-refractivity contribution is 0.595. The molecule has 0 amide bonds. The Morgan fingerprint density at radius 1 is 0.947 bits per heavy atom. The maximum atomic E-state index is 13.0. The molecule has 19 heavy (non-hydrogen) atoms. The molecule has 2 heterocycles. The number of anilines is 1. The van der Waals surface area contributed by atoms with E-state index < -0.39 is 0 Å². The Bertz CT molecular complexity index is 692. The molecule has 5 heteroatoms. The first-order valence-corrected chi connectivity index (χ1v) is 5.66. The highest BCUT2D eigenvalue weighted by molar-refractivity contribution is 5.77. The van der Waals surface area contributed by atoms with Gasteiger partial charge in [0, 0.05) is 23.5 Å². The second-order valence-electron chi connectivity index (χ2n) is 3.97. The second-order valence-corrected chi connectivity index (χ2v) is 3.97. The highest BCUT2D eigenvalue weighted by Gasteiger charge is 2.15. The van der Waals surface area contributed by atoms with Crippen molar-refractivity contribution in [3.05, 3.63) is 54.6 Å². The van der Waals surface area contributed by atoms with Gasteiger partial charge in [0.15, 0.2) is 5.76 Å². The van der Waals surface area contributed by atoms with Crippen molar-refractivity contribution in [2.75, 3.05) is 5.73 Å². The fourth-order valence-corrected chi connectivity index (χ4v) is 1.84. The minimum atomic E-state index is -0.300. The smallest absolute Gasteiger partial charge is 0.293 e. The molecule has 3 aromatic rings. The average molecular weight is 255 g/mol. The highest BCUT2D eigenvalue weighted by Crippen LogP contribution is 2.33. The summed E-state index contributed by atoms with van der Waals surface area (Å²) in [5.41, 5.74) is 7.77. The molecule has 0 unspecified atom stereocenters. The molecule has 0 atom stereocenters. The Morgan fingerprint density at radius 3 is 2.32 bits per heavy atom. The summed E-state index contributed by atoms with van der Waals surface area (Å²) in [5.74, 6) is 0.247. The Hall–Kier alpha value is -2.69. The molecule has 0 saturated carbocycles. The topological polar surface area (TPSA) is 64.9 Å². The van der Waals surface area contributed by atoms with Crippen molar-refractivity contribution in [3.8, 4) is 22.6 Å². The predicted octanol–water partition coefficient (Wildman–Crippen LogP) is 3.12. The molecule has 0 aliphatic rings. The highest BCUT2D eigenvalue weighted by atomic mass is 19.1. The number of nitrogens with two attached hydrogens (primary N) is 1. The molecule has 0 aliphatic heterocycles. The third-order valence-electron chi connectivity index (χ3n) is 2.70. The lowest BCUT2D eigenvalue weighted by Crippen LogP contribution is -1.85. The molecular weight excluding hydrogens is 245 g/mol. The number of nitrogen functional groups attached to an aromatic ring is 1. The standard InChI is InChI=1S/C14H10FN3O/c15-11-3-1-9(2-4-11)12-13(19-14(16)18-12)10-5-7-17-8-6-10/h1-8H,(H2,16,18). The van der Waals surface area contributed by atoms with Crippen LogP contribution in [0.1, 0.15) is 0 Å². The first-order chi connectivity index (χ1) is 9.24. The van der Waals surface area contributed by atoms with Crippen LogP contribution < -0.4 is 5.73 Å². The van der Waals surface area contributed by atoms with Gasteiger partial charge in [-0.15, -0.1) is 0 Å². The van der Waals surface area contributed by atoms with E-state index in [1.54, 1.807) is 36.7 Å². The van der Waals surface area contributed by atoms with Crippen molar-refractivity contribution < 1.29 is 8.81 Å². The van der Waals surface area contributed by atoms with E-state index in [1.165, 1.54) is 12.1 Å². The third-order valence-corrected chi connectivity index (χ3v) is 2.70. The van der Waals surface area contributed by atoms with Crippen molar-refractivity contribution >= 4 is 6.01 Å². The van der Waals surface area contributed by atoms with Crippen molar-refractivity contribution in [1.82, 2.24) is 9.97 Å². The van der Waals surface area contributed by atoms with Gasteiger partial charge in [-0.2, -0.15) is 4.98 Å². The largest absolute Gasteiger partial charge is 0.423 e. The first-order valence-electron chi connectivity index (χ1n) is 5.66. The minimum Gasteiger partial charge on any atom is -0.423 e. The molecule has 4 nitrogen and oxygen atoms in total. The summed E-state index contributed by atoms with van der Waals surface area (Å²) in [6.45, 7) is 0. The number of nitrogens with zero attached hydrogens (tertiary/aromatic N) is 2. The Labute approximate surface area is 108 Å². The van der Waals surface area contributed by atoms with E-state index in [9.17, 15) is 4.39 Å². The van der Waals surface area contributed by atoms with Crippen LogP contribution in [-0.4, -0.2) is 9.97 Å². The number of hydrogen-bond acceptors (Lipinski definition) is 4. The molecule has 1 aromatic carbocycles. The fraction of sp³-hybridized carbons (Fsp3) is 0. The zero-order chi connectivity index (χ0) is 13.2. The average Bonchev–Trinajstić information content (AvgIpc) is 2.83. The quantitative estimate of drug-likeness (QED) is 0.764. The number of pyridine rings is 1. The van der Waals surface area contributed by atoms with Crippen LogP contribution in [0.25, 0.3) is 22.6 Å². The molecule has 94 valence electrons. The molecule has 0 spiro atoms. The molecule has 3 rings (SSSR count). The van der Waals surface area contributed by atoms with Crippen LogP contribution in [0.15, 0.2) is 53.2 Å². The van der Waals surface area contributed by atoms with Gasteiger partial charge in [-0.1, -0.05) is 0 Å². The lowest BCUT2D eigenvalue weighted by Gasteiger charge is -2.00. The number of halogens is 1. The van der Waals surface area contributed by atoms with Gasteiger partial charge in [-0.25, -0.2) is 4.39 Å². The Kier molecular flexibility index (Phi) is 2.72. The summed E-state index contributed by atoms with van der Waals surface area (Å²) < 4.78 is 18.4. The van der Waals surface area contributed by atoms with E-state index in [-0.39, 0.29) is 11.8 Å². The number of aromatic nitrogens is 2. The third kappa shape index (κ3) is 2.18. The number of benzene rings is 1. The number of hydrogen-bond donors (Lipinski definition) is 1. The number of rotatable bonds is 2. The summed E-state index contributed by atoms with van der Waals surface area (Å²) >= 11 is 0. The zero-order valence-corrected chi connectivity index (χ0v) is 9.88. The summed E-state index contributed by atoms with van der Waals surface area (Å²) in [6, 6.07) is 9.69. The van der Waals surface area contributed by atoms with E-state index in [4.69, 9.17) is 10.2 Å². The molecule has 0 radical (unpaired) electrons. The summed E-state index contributed by atoms with van der Waals surface area (Å²) in [5, 5.41) is 0. The van der Waals surface area contributed by atoms with E-state index >= 15 is 0 Å². The van der Waals surface area contributed by atoms with Crippen molar-refractivity contribution in [2.24, 2.45) is 0 Å². The van der Waals surface area contributed by atoms with E-state index in [1.807, 2.05) is 0 Å². The van der Waals surface area contributed by atoms with Crippen LogP contribution in [0.3, 0.4) is 0 Å². The molecule has 0 fully saturated rings. The molecule has 0 aliphatic carbocycles.